The molecule has 0 aliphatic heterocycles. The maximum Gasteiger partial charge on any atom is 0.244 e. The van der Waals surface area contributed by atoms with Crippen LogP contribution in [0.3, 0.4) is 0 Å². The average Bonchev–Trinajstić information content (AvgIpc) is 3.00. The van der Waals surface area contributed by atoms with Gasteiger partial charge in [-0.25, -0.2) is 13.1 Å². The van der Waals surface area contributed by atoms with E-state index in [4.69, 9.17) is 4.42 Å². The number of hydrogen-bond donors (Lipinski definition) is 2. The molecule has 0 fully saturated rings. The summed E-state index contributed by atoms with van der Waals surface area (Å²) in [5.74, 6) is 0.996. The van der Waals surface area contributed by atoms with Gasteiger partial charge in [-0.15, -0.1) is 0 Å². The molecule has 116 valence electrons. The van der Waals surface area contributed by atoms with Crippen LogP contribution in [0.4, 0.5) is 0 Å². The van der Waals surface area contributed by atoms with Gasteiger partial charge in [0, 0.05) is 19.3 Å². The lowest BCUT2D eigenvalue weighted by molar-refractivity contribution is 0.460. The van der Waals surface area contributed by atoms with Crippen molar-refractivity contribution in [1.29, 1.82) is 0 Å². The second-order valence-corrected chi connectivity index (χ2v) is 6.42. The van der Waals surface area contributed by atoms with Gasteiger partial charge in [0.05, 0.1) is 18.8 Å². The van der Waals surface area contributed by atoms with Gasteiger partial charge in [0.15, 0.2) is 0 Å². The highest BCUT2D eigenvalue weighted by atomic mass is 32.2. The summed E-state index contributed by atoms with van der Waals surface area (Å²) in [5.41, 5.74) is 0.785. The first-order valence-corrected chi connectivity index (χ1v) is 8.19. The zero-order valence-electron chi connectivity index (χ0n) is 12.4. The van der Waals surface area contributed by atoms with Crippen LogP contribution in [0, 0.1) is 6.92 Å². The Morgan fingerprint density at radius 3 is 2.76 bits per heavy atom. The van der Waals surface area contributed by atoms with Gasteiger partial charge in [-0.2, -0.15) is 5.10 Å². The third-order valence-corrected chi connectivity index (χ3v) is 4.64. The third-order valence-electron chi connectivity index (χ3n) is 3.13. The van der Waals surface area contributed by atoms with Gasteiger partial charge in [-0.1, -0.05) is 6.92 Å². The number of nitrogens with zero attached hydrogens (tertiary/aromatic N) is 2. The molecule has 0 spiro atoms. The van der Waals surface area contributed by atoms with E-state index >= 15 is 0 Å². The first-order chi connectivity index (χ1) is 9.94. The Bertz CT molecular complexity index is 703. The van der Waals surface area contributed by atoms with Gasteiger partial charge in [-0.05, 0) is 19.5 Å². The molecule has 0 radical (unpaired) electrons. The molecule has 2 heterocycles. The monoisotopic (exact) mass is 312 g/mol. The minimum absolute atomic E-state index is 0.178. The van der Waals surface area contributed by atoms with Gasteiger partial charge >= 0.3 is 0 Å². The van der Waals surface area contributed by atoms with Gasteiger partial charge in [-0.3, -0.25) is 4.68 Å². The topological polar surface area (TPSA) is 89.2 Å². The van der Waals surface area contributed by atoms with E-state index in [0.717, 1.165) is 12.2 Å². The number of sulfonamides is 1. The van der Waals surface area contributed by atoms with Gasteiger partial charge < -0.3 is 9.73 Å². The van der Waals surface area contributed by atoms with Crippen LogP contribution in [-0.4, -0.2) is 24.7 Å². The molecule has 0 bridgehead atoms. The predicted molar refractivity (Wildman–Crippen MR) is 78.1 cm³/mol. The zero-order valence-corrected chi connectivity index (χ0v) is 13.2. The highest BCUT2D eigenvalue weighted by Gasteiger charge is 2.21. The summed E-state index contributed by atoms with van der Waals surface area (Å²) in [4.78, 5) is 0.178. The molecular weight excluding hydrogens is 292 g/mol. The van der Waals surface area contributed by atoms with Gasteiger partial charge in [0.1, 0.15) is 16.4 Å². The van der Waals surface area contributed by atoms with Crippen LogP contribution in [0.25, 0.3) is 0 Å². The number of rotatable bonds is 7. The van der Waals surface area contributed by atoms with E-state index < -0.39 is 10.0 Å². The normalized spacial score (nSPS) is 12.0. The van der Waals surface area contributed by atoms with Gasteiger partial charge in [0.25, 0.3) is 0 Å². The van der Waals surface area contributed by atoms with Crippen molar-refractivity contribution >= 4 is 10.0 Å². The lowest BCUT2D eigenvalue weighted by atomic mass is 10.4. The average molecular weight is 312 g/mol. The zero-order chi connectivity index (χ0) is 15.5. The van der Waals surface area contributed by atoms with Crippen molar-refractivity contribution in [3.63, 3.8) is 0 Å². The minimum atomic E-state index is -3.60. The maximum atomic E-state index is 12.3. The molecule has 0 unspecified atom stereocenters. The van der Waals surface area contributed by atoms with E-state index in [9.17, 15) is 8.42 Å². The first kappa shape index (κ1) is 15.7. The van der Waals surface area contributed by atoms with E-state index in [1.165, 1.54) is 0 Å². The molecule has 0 aliphatic rings. The number of hydrogen-bond acceptors (Lipinski definition) is 5. The second kappa shape index (κ2) is 6.42. The Kier molecular flexibility index (Phi) is 4.81. The van der Waals surface area contributed by atoms with Crippen LogP contribution in [0.15, 0.2) is 27.6 Å². The Balaban J connectivity index is 2.12. The Morgan fingerprint density at radius 1 is 1.38 bits per heavy atom. The molecule has 0 saturated heterocycles. The molecule has 2 rings (SSSR count). The molecule has 8 heteroatoms. The molecule has 7 nitrogen and oxygen atoms in total. The van der Waals surface area contributed by atoms with Crippen LogP contribution in [0.2, 0.25) is 0 Å². The molecule has 0 amide bonds. The fourth-order valence-electron chi connectivity index (χ4n) is 1.95. The predicted octanol–water partition coefficient (Wildman–Crippen LogP) is 0.910. The summed E-state index contributed by atoms with van der Waals surface area (Å²) in [5, 5.41) is 7.10. The van der Waals surface area contributed by atoms with Crippen molar-refractivity contribution in [2.45, 2.75) is 31.8 Å². The number of aromatic nitrogens is 2. The van der Waals surface area contributed by atoms with Crippen LogP contribution in [0.5, 0.6) is 0 Å². The van der Waals surface area contributed by atoms with Crippen LogP contribution in [-0.2, 0) is 30.2 Å². The molecule has 2 aromatic heterocycles. The summed E-state index contributed by atoms with van der Waals surface area (Å²) < 4.78 is 34.3. The summed E-state index contributed by atoms with van der Waals surface area (Å²) in [6.45, 7) is 5.11. The molecule has 0 atom stereocenters. The van der Waals surface area contributed by atoms with E-state index in [1.807, 2.05) is 6.92 Å². The molecule has 2 aromatic rings. The number of furan rings is 1. The fourth-order valence-corrected chi connectivity index (χ4v) is 3.15. The van der Waals surface area contributed by atoms with Gasteiger partial charge in [0.2, 0.25) is 10.0 Å². The van der Waals surface area contributed by atoms with Crippen molar-refractivity contribution in [3.05, 3.63) is 35.5 Å². The van der Waals surface area contributed by atoms with Crippen molar-refractivity contribution in [1.82, 2.24) is 19.8 Å². The summed E-state index contributed by atoms with van der Waals surface area (Å²) >= 11 is 0. The Labute approximate surface area is 124 Å². The lowest BCUT2D eigenvalue weighted by Gasteiger charge is -2.05. The van der Waals surface area contributed by atoms with E-state index in [2.05, 4.69) is 15.1 Å². The molecule has 2 N–H and O–H groups in total. The standard InChI is InChI=1S/C13H20N4O3S/c1-4-14-9-12-7-13(10(2)20-12)21(18,19)16-8-11-5-6-15-17(11)3/h5-7,14,16H,4,8-9H2,1-3H3. The summed E-state index contributed by atoms with van der Waals surface area (Å²) in [6.07, 6.45) is 1.63. The maximum absolute atomic E-state index is 12.3. The van der Waals surface area contributed by atoms with Crippen molar-refractivity contribution in [2.75, 3.05) is 6.54 Å². The molecule has 0 aromatic carbocycles. The van der Waals surface area contributed by atoms with Crippen LogP contribution >= 0.6 is 0 Å². The molecule has 0 aliphatic carbocycles. The largest absolute Gasteiger partial charge is 0.464 e. The van der Waals surface area contributed by atoms with E-state index in [0.29, 0.717) is 18.1 Å². The first-order valence-electron chi connectivity index (χ1n) is 6.70. The molecule has 21 heavy (non-hydrogen) atoms. The molecule has 0 saturated carbocycles. The highest BCUT2D eigenvalue weighted by molar-refractivity contribution is 7.89. The Hall–Kier alpha value is -1.64. The smallest absolute Gasteiger partial charge is 0.244 e. The highest BCUT2D eigenvalue weighted by Crippen LogP contribution is 2.20. The minimum Gasteiger partial charge on any atom is -0.464 e. The van der Waals surface area contributed by atoms with Crippen molar-refractivity contribution in [2.24, 2.45) is 7.05 Å². The van der Waals surface area contributed by atoms with Crippen LogP contribution in [0.1, 0.15) is 24.1 Å². The fraction of sp³-hybridized carbons (Fsp3) is 0.462. The summed E-state index contributed by atoms with van der Waals surface area (Å²) in [6, 6.07) is 3.32. The van der Waals surface area contributed by atoms with Crippen molar-refractivity contribution in [3.8, 4) is 0 Å². The van der Waals surface area contributed by atoms with Crippen LogP contribution < -0.4 is 10.0 Å². The SMILES string of the molecule is CCNCc1cc(S(=O)(=O)NCc2ccnn2C)c(C)o1. The van der Waals surface area contributed by atoms with E-state index in [1.54, 1.807) is 37.0 Å². The van der Waals surface area contributed by atoms with E-state index in [-0.39, 0.29) is 11.4 Å². The Morgan fingerprint density at radius 2 is 2.14 bits per heavy atom. The summed E-state index contributed by atoms with van der Waals surface area (Å²) in [7, 11) is -1.84. The second-order valence-electron chi connectivity index (χ2n) is 4.68. The number of aryl methyl sites for hydroxylation is 2. The third kappa shape index (κ3) is 3.72. The quantitative estimate of drug-likeness (QED) is 0.793. The lowest BCUT2D eigenvalue weighted by Crippen LogP contribution is -2.24. The number of nitrogens with one attached hydrogen (secondary N) is 2. The molecular formula is C13H20N4O3S. The van der Waals surface area contributed by atoms with Crippen molar-refractivity contribution < 1.29 is 12.8 Å².